The third-order valence-electron chi connectivity index (χ3n) is 5.48. The quantitative estimate of drug-likeness (QED) is 0.464. The highest BCUT2D eigenvalue weighted by Gasteiger charge is 2.44. The van der Waals surface area contributed by atoms with Gasteiger partial charge in [0, 0.05) is 30.2 Å². The predicted molar refractivity (Wildman–Crippen MR) is 123 cm³/mol. The number of rotatable bonds is 4. The molecule has 0 spiro atoms. The van der Waals surface area contributed by atoms with Gasteiger partial charge in [0.1, 0.15) is 0 Å². The summed E-state index contributed by atoms with van der Waals surface area (Å²) < 4.78 is 4.81. The van der Waals surface area contributed by atoms with Crippen molar-refractivity contribution in [2.45, 2.75) is 49.1 Å². The molecule has 31 heavy (non-hydrogen) atoms. The van der Waals surface area contributed by atoms with E-state index in [4.69, 9.17) is 39.5 Å². The number of ether oxygens (including phenoxy) is 1. The highest BCUT2D eigenvalue weighted by atomic mass is 35.6. The Morgan fingerprint density at radius 1 is 1.23 bits per heavy atom. The Hall–Kier alpha value is -1.73. The topological polar surface area (TPSA) is 71.8 Å². The van der Waals surface area contributed by atoms with Crippen molar-refractivity contribution in [1.29, 1.82) is 0 Å². The fourth-order valence-electron chi connectivity index (χ4n) is 3.46. The number of aliphatic hydroxyl groups excluding tert-OH is 1. The minimum absolute atomic E-state index is 0.317. The molecule has 0 saturated heterocycles. The van der Waals surface area contributed by atoms with Crippen LogP contribution in [0.4, 0.5) is 4.79 Å². The van der Waals surface area contributed by atoms with Gasteiger partial charge in [-0.1, -0.05) is 71.6 Å². The van der Waals surface area contributed by atoms with E-state index in [0.29, 0.717) is 29.6 Å². The molecule has 0 bridgehead atoms. The summed E-state index contributed by atoms with van der Waals surface area (Å²) in [6, 6.07) is 6.94. The molecule has 1 atom stereocenters. The van der Waals surface area contributed by atoms with E-state index in [1.165, 1.54) is 24.6 Å². The van der Waals surface area contributed by atoms with Crippen molar-refractivity contribution in [3.63, 3.8) is 0 Å². The first-order valence-electron chi connectivity index (χ1n) is 10.0. The third kappa shape index (κ3) is 4.87. The van der Waals surface area contributed by atoms with Gasteiger partial charge in [-0.3, -0.25) is 9.36 Å². The molecule has 9 heteroatoms. The molecule has 0 fully saturated rings. The summed E-state index contributed by atoms with van der Waals surface area (Å²) in [5.41, 5.74) is 0.539. The molecule has 1 amide bonds. The van der Waals surface area contributed by atoms with E-state index in [2.05, 4.69) is 6.08 Å². The van der Waals surface area contributed by atoms with Crippen LogP contribution in [0, 0.1) is 0 Å². The van der Waals surface area contributed by atoms with Crippen LogP contribution in [-0.2, 0) is 9.53 Å². The largest absolute Gasteiger partial charge is 0.438 e. The van der Waals surface area contributed by atoms with E-state index in [-0.39, 0.29) is 0 Å². The van der Waals surface area contributed by atoms with E-state index >= 15 is 0 Å². The van der Waals surface area contributed by atoms with Crippen molar-refractivity contribution >= 4 is 57.7 Å². The number of aromatic nitrogens is 1. The Morgan fingerprint density at radius 2 is 1.90 bits per heavy atom. The molecule has 168 valence electrons. The van der Waals surface area contributed by atoms with Crippen molar-refractivity contribution in [3.8, 4) is 0 Å². The number of carbonyl (C=O) groups excluding carboxylic acids is 2. The Bertz CT molecular complexity index is 1020. The highest BCUT2D eigenvalue weighted by Crippen LogP contribution is 2.41. The molecule has 1 aromatic heterocycles. The van der Waals surface area contributed by atoms with Crippen LogP contribution in [-0.4, -0.2) is 49.1 Å². The lowest BCUT2D eigenvalue weighted by atomic mass is 10.0. The van der Waals surface area contributed by atoms with E-state index in [1.807, 2.05) is 6.92 Å². The third-order valence-corrected chi connectivity index (χ3v) is 6.85. The second-order valence-corrected chi connectivity index (χ2v) is 10.3. The van der Waals surface area contributed by atoms with Crippen LogP contribution in [0.15, 0.2) is 42.1 Å². The van der Waals surface area contributed by atoms with Crippen LogP contribution in [0.1, 0.15) is 45.3 Å². The van der Waals surface area contributed by atoms with E-state index in [9.17, 15) is 14.7 Å². The van der Waals surface area contributed by atoms with Crippen molar-refractivity contribution < 1.29 is 19.4 Å². The zero-order chi connectivity index (χ0) is 23.0. The maximum atomic E-state index is 13.0. The maximum Gasteiger partial charge on any atom is 0.419 e. The number of amides is 1. The zero-order valence-corrected chi connectivity index (χ0v) is 19.8. The molecule has 0 saturated carbocycles. The Morgan fingerprint density at radius 3 is 2.55 bits per heavy atom. The zero-order valence-electron chi connectivity index (χ0n) is 17.6. The first kappa shape index (κ1) is 23.9. The number of benzene rings is 1. The van der Waals surface area contributed by atoms with E-state index < -0.39 is 27.5 Å². The average Bonchev–Trinajstić information content (AvgIpc) is 3.11. The van der Waals surface area contributed by atoms with Gasteiger partial charge < -0.3 is 14.7 Å². The van der Waals surface area contributed by atoms with Gasteiger partial charge in [-0.2, -0.15) is 0 Å². The van der Waals surface area contributed by atoms with Crippen LogP contribution < -0.4 is 0 Å². The lowest BCUT2D eigenvalue weighted by molar-refractivity contribution is -0.140. The van der Waals surface area contributed by atoms with Crippen LogP contribution in [0.25, 0.3) is 10.9 Å². The number of carbonyl (C=O) groups is 2. The number of nitrogens with zero attached hydrogens (tertiary/aromatic N) is 2. The molecule has 1 aromatic carbocycles. The predicted octanol–water partition coefficient (Wildman–Crippen LogP) is 5.38. The molecular weight excluding hydrogens is 463 g/mol. The monoisotopic (exact) mass is 486 g/mol. The second kappa shape index (κ2) is 9.02. The van der Waals surface area contributed by atoms with Crippen molar-refractivity contribution in [1.82, 2.24) is 9.47 Å². The Kier molecular flexibility index (Phi) is 6.96. The summed E-state index contributed by atoms with van der Waals surface area (Å²) in [7, 11) is 0. The first-order chi connectivity index (χ1) is 14.5. The Labute approximate surface area is 196 Å². The number of halogens is 3. The molecule has 2 heterocycles. The number of alkyl halides is 3. The minimum Gasteiger partial charge on any atom is -0.438 e. The molecular formula is C22H25Cl3N2O4. The fraction of sp³-hybridized carbons (Fsp3) is 0.455. The molecule has 6 nitrogen and oxygen atoms in total. The molecule has 2 aromatic rings. The normalized spacial score (nSPS) is 16.2. The lowest BCUT2D eigenvalue weighted by Gasteiger charge is -2.31. The summed E-state index contributed by atoms with van der Waals surface area (Å²) in [6.07, 6.45) is 2.94. The summed E-state index contributed by atoms with van der Waals surface area (Å²) in [4.78, 5) is 27.5. The number of hydrogen-bond acceptors (Lipinski definition) is 4. The van der Waals surface area contributed by atoms with Crippen molar-refractivity contribution in [2.24, 2.45) is 0 Å². The first-order valence-corrected chi connectivity index (χ1v) is 11.1. The molecule has 1 aliphatic heterocycles. The van der Waals surface area contributed by atoms with Gasteiger partial charge in [-0.15, -0.1) is 0 Å². The van der Waals surface area contributed by atoms with Gasteiger partial charge in [-0.05, 0) is 32.8 Å². The number of fused-ring (bicyclic) bond motifs is 1. The van der Waals surface area contributed by atoms with Gasteiger partial charge in [0.25, 0.3) is 5.91 Å². The van der Waals surface area contributed by atoms with E-state index in [0.717, 1.165) is 18.4 Å². The maximum absolute atomic E-state index is 13.0. The summed E-state index contributed by atoms with van der Waals surface area (Å²) in [5.74, 6) is -0.406. The minimum atomic E-state index is -1.84. The highest BCUT2D eigenvalue weighted by molar-refractivity contribution is 6.68. The molecule has 0 radical (unpaired) electrons. The fourth-order valence-corrected chi connectivity index (χ4v) is 3.58. The molecule has 1 unspecified atom stereocenters. The van der Waals surface area contributed by atoms with Crippen molar-refractivity contribution in [3.05, 3.63) is 47.7 Å². The van der Waals surface area contributed by atoms with Gasteiger partial charge >= 0.3 is 6.09 Å². The van der Waals surface area contributed by atoms with Crippen LogP contribution in [0.3, 0.4) is 0 Å². The molecule has 3 rings (SSSR count). The van der Waals surface area contributed by atoms with Crippen LogP contribution >= 0.6 is 34.8 Å². The average molecular weight is 488 g/mol. The number of para-hydroxylation sites is 1. The smallest absolute Gasteiger partial charge is 0.419 e. The van der Waals surface area contributed by atoms with Crippen LogP contribution in [0.5, 0.6) is 0 Å². The molecule has 0 aliphatic carbocycles. The molecule has 1 aliphatic rings. The van der Waals surface area contributed by atoms with Gasteiger partial charge in [0.05, 0.1) is 5.52 Å². The number of aliphatic hydroxyl groups is 1. The summed E-state index contributed by atoms with van der Waals surface area (Å²) in [6.45, 7) is 6.03. The Balaban J connectivity index is 1.93. The second-order valence-electron chi connectivity index (χ2n) is 8.01. The SMILES string of the molecule is CCC1=CCCN(C(=O)C(O)c2cn(C(=O)OC(C)(C)C(Cl)(Cl)Cl)c3ccccc23)C1. The van der Waals surface area contributed by atoms with Crippen molar-refractivity contribution in [2.75, 3.05) is 13.1 Å². The molecule has 1 N–H and O–H groups in total. The summed E-state index contributed by atoms with van der Waals surface area (Å²) >= 11 is 17.8. The summed E-state index contributed by atoms with van der Waals surface area (Å²) in [5, 5.41) is 11.5. The van der Waals surface area contributed by atoms with Gasteiger partial charge in [0.15, 0.2) is 11.7 Å². The van der Waals surface area contributed by atoms with Gasteiger partial charge in [-0.25, -0.2) is 4.79 Å². The lowest BCUT2D eigenvalue weighted by Crippen LogP contribution is -2.42. The standard InChI is InChI=1S/C22H25Cl3N2O4/c1-4-14-8-7-11-26(12-14)19(29)18(28)16-13-27(17-10-6-5-9-15(16)17)20(30)31-21(2,3)22(23,24)25/h5-6,8-10,13,18,28H,4,7,11-12H2,1-3H3. The van der Waals surface area contributed by atoms with E-state index in [1.54, 1.807) is 29.2 Å². The van der Waals surface area contributed by atoms with Gasteiger partial charge in [0.2, 0.25) is 3.79 Å². The van der Waals surface area contributed by atoms with Crippen LogP contribution in [0.2, 0.25) is 0 Å². The number of hydrogen-bond donors (Lipinski definition) is 1.